The molecule has 0 unspecified atom stereocenters. The predicted octanol–water partition coefficient (Wildman–Crippen LogP) is -0.800. The molecule has 0 N–H and O–H groups in total. The number of hydrogen-bond acceptors (Lipinski definition) is 5. The Balaban J connectivity index is 2.84. The molecule has 12 heavy (non-hydrogen) atoms. The van der Waals surface area contributed by atoms with Crippen molar-refractivity contribution in [2.45, 2.75) is 0 Å². The molecule has 0 amide bonds. The molecule has 6 heteroatoms. The Morgan fingerprint density at radius 2 is 2.25 bits per heavy atom. The Labute approximate surface area is 66.5 Å². The van der Waals surface area contributed by atoms with Gasteiger partial charge in [0.25, 0.3) is 0 Å². The fourth-order valence-electron chi connectivity index (χ4n) is 1.03. The lowest BCUT2D eigenvalue weighted by molar-refractivity contribution is -0.386. The third-order valence-electron chi connectivity index (χ3n) is 1.55. The maximum Gasteiger partial charge on any atom is 0.314 e. The molecule has 0 atom stereocenters. The van der Waals surface area contributed by atoms with Crippen LogP contribution in [-0.2, 0) is 0 Å². The monoisotopic (exact) mass is 164 g/mol. The van der Waals surface area contributed by atoms with E-state index in [1.54, 1.807) is 0 Å². The standard InChI is InChI=1S/C6H4N4O2/c11-10(12)5-2-7-1-4-6(5)9-3-8-4/h1-2H,3H2. The molecule has 1 aromatic rings. The van der Waals surface area contributed by atoms with Gasteiger partial charge in [-0.1, -0.05) is 0 Å². The Hall–Kier alpha value is -1.85. The first kappa shape index (κ1) is 6.84. The predicted molar refractivity (Wildman–Crippen MR) is 38.1 cm³/mol. The summed E-state index contributed by atoms with van der Waals surface area (Å²) in [6.07, 6.45) is 2.65. The Bertz CT molecular complexity index is 453. The molecule has 1 aliphatic rings. The van der Waals surface area contributed by atoms with Crippen LogP contribution in [0.1, 0.15) is 0 Å². The minimum Gasteiger partial charge on any atom is -0.258 e. The normalized spacial score (nSPS) is 13.0. The van der Waals surface area contributed by atoms with Gasteiger partial charge in [-0.25, -0.2) is 0 Å². The average molecular weight is 164 g/mol. The Kier molecular flexibility index (Phi) is 1.33. The molecule has 60 valence electrons. The van der Waals surface area contributed by atoms with Crippen LogP contribution in [0.2, 0.25) is 0 Å². The Morgan fingerprint density at radius 1 is 1.42 bits per heavy atom. The van der Waals surface area contributed by atoms with Gasteiger partial charge in [-0.05, 0) is 0 Å². The van der Waals surface area contributed by atoms with Crippen LogP contribution >= 0.6 is 0 Å². The number of fused-ring (bicyclic) bond motifs is 1. The largest absolute Gasteiger partial charge is 0.314 e. The molecule has 0 aromatic carbocycles. The fourth-order valence-corrected chi connectivity index (χ4v) is 1.03. The van der Waals surface area contributed by atoms with Crippen molar-refractivity contribution in [2.24, 2.45) is 9.98 Å². The highest BCUT2D eigenvalue weighted by Gasteiger charge is 2.12. The summed E-state index contributed by atoms with van der Waals surface area (Å²) < 4.78 is 0. The number of pyridine rings is 1. The molecule has 0 saturated carbocycles. The van der Waals surface area contributed by atoms with E-state index in [0.29, 0.717) is 10.7 Å². The molecular weight excluding hydrogens is 160 g/mol. The van der Waals surface area contributed by atoms with Crippen molar-refractivity contribution in [1.82, 2.24) is 4.98 Å². The number of rotatable bonds is 1. The molecule has 0 radical (unpaired) electrons. The van der Waals surface area contributed by atoms with Gasteiger partial charge in [-0.15, -0.1) is 0 Å². The maximum absolute atomic E-state index is 10.4. The quantitative estimate of drug-likeness (QED) is 0.402. The number of nitro groups is 1. The third kappa shape index (κ3) is 0.849. The first-order chi connectivity index (χ1) is 5.79. The zero-order chi connectivity index (χ0) is 8.55. The maximum atomic E-state index is 10.4. The van der Waals surface area contributed by atoms with Crippen LogP contribution < -0.4 is 10.7 Å². The Morgan fingerprint density at radius 3 is 3.00 bits per heavy atom. The summed E-state index contributed by atoms with van der Waals surface area (Å²) in [4.78, 5) is 21.4. The number of nitrogens with zero attached hydrogens (tertiary/aromatic N) is 4. The molecule has 0 aliphatic carbocycles. The van der Waals surface area contributed by atoms with Gasteiger partial charge in [0.2, 0.25) is 0 Å². The SMILES string of the molecule is O=[N+]([O-])c1cncc2c1=NCN=2. The molecule has 0 bridgehead atoms. The minimum atomic E-state index is -0.504. The van der Waals surface area contributed by atoms with Crippen LogP contribution in [0.5, 0.6) is 0 Å². The summed E-state index contributed by atoms with van der Waals surface area (Å²) in [5.74, 6) is 0. The molecule has 0 fully saturated rings. The molecule has 0 spiro atoms. The van der Waals surface area contributed by atoms with Crippen LogP contribution in [0.15, 0.2) is 22.4 Å². The van der Waals surface area contributed by atoms with E-state index in [-0.39, 0.29) is 12.4 Å². The van der Waals surface area contributed by atoms with Gasteiger partial charge >= 0.3 is 5.69 Å². The highest BCUT2D eigenvalue weighted by molar-refractivity contribution is 5.24. The van der Waals surface area contributed by atoms with Crippen molar-refractivity contribution >= 4 is 5.69 Å². The molecule has 0 saturated heterocycles. The van der Waals surface area contributed by atoms with Crippen LogP contribution in [-0.4, -0.2) is 16.6 Å². The minimum absolute atomic E-state index is 0.0752. The van der Waals surface area contributed by atoms with Crippen LogP contribution in [0.25, 0.3) is 0 Å². The van der Waals surface area contributed by atoms with Crippen LogP contribution in [0, 0.1) is 10.1 Å². The van der Waals surface area contributed by atoms with Gasteiger partial charge < -0.3 is 0 Å². The van der Waals surface area contributed by atoms with Crippen molar-refractivity contribution in [3.8, 4) is 0 Å². The van der Waals surface area contributed by atoms with Crippen molar-refractivity contribution in [1.29, 1.82) is 0 Å². The van der Waals surface area contributed by atoms with E-state index < -0.39 is 4.92 Å². The van der Waals surface area contributed by atoms with E-state index in [0.717, 1.165) is 0 Å². The van der Waals surface area contributed by atoms with E-state index in [2.05, 4.69) is 15.0 Å². The molecule has 6 nitrogen and oxygen atoms in total. The highest BCUT2D eigenvalue weighted by atomic mass is 16.6. The van der Waals surface area contributed by atoms with E-state index in [1.165, 1.54) is 12.4 Å². The number of hydrogen-bond donors (Lipinski definition) is 0. The lowest BCUT2D eigenvalue weighted by Crippen LogP contribution is -2.25. The lowest BCUT2D eigenvalue weighted by atomic mass is 10.4. The summed E-state index contributed by atoms with van der Waals surface area (Å²) in [5, 5.41) is 11.3. The van der Waals surface area contributed by atoms with Gasteiger partial charge in [-0.2, -0.15) is 0 Å². The van der Waals surface area contributed by atoms with E-state index in [1.807, 2.05) is 0 Å². The second-order valence-corrected chi connectivity index (χ2v) is 2.24. The topological polar surface area (TPSA) is 80.8 Å². The summed E-state index contributed by atoms with van der Waals surface area (Å²) in [5.41, 5.74) is -0.0752. The van der Waals surface area contributed by atoms with Gasteiger partial charge in [-0.3, -0.25) is 25.1 Å². The lowest BCUT2D eigenvalue weighted by Gasteiger charge is -1.87. The van der Waals surface area contributed by atoms with Crippen LogP contribution in [0.4, 0.5) is 5.69 Å². The zero-order valence-corrected chi connectivity index (χ0v) is 5.97. The van der Waals surface area contributed by atoms with Gasteiger partial charge in [0.05, 0.1) is 11.1 Å². The van der Waals surface area contributed by atoms with Crippen molar-refractivity contribution < 1.29 is 4.92 Å². The molecule has 1 aliphatic heterocycles. The van der Waals surface area contributed by atoms with E-state index >= 15 is 0 Å². The van der Waals surface area contributed by atoms with Crippen molar-refractivity contribution in [2.75, 3.05) is 6.67 Å². The van der Waals surface area contributed by atoms with Gasteiger partial charge in [0.1, 0.15) is 18.2 Å². The molecule has 2 rings (SSSR count). The van der Waals surface area contributed by atoms with E-state index in [4.69, 9.17) is 0 Å². The van der Waals surface area contributed by atoms with Crippen molar-refractivity contribution in [3.05, 3.63) is 33.2 Å². The first-order valence-corrected chi connectivity index (χ1v) is 3.26. The summed E-state index contributed by atoms with van der Waals surface area (Å²) in [6.45, 7) is 0.266. The molecule has 1 aromatic heterocycles. The smallest absolute Gasteiger partial charge is 0.258 e. The van der Waals surface area contributed by atoms with Gasteiger partial charge in [0.15, 0.2) is 5.36 Å². The second kappa shape index (κ2) is 2.33. The summed E-state index contributed by atoms with van der Waals surface area (Å²) >= 11 is 0. The van der Waals surface area contributed by atoms with Crippen LogP contribution in [0.3, 0.4) is 0 Å². The van der Waals surface area contributed by atoms with Crippen molar-refractivity contribution in [3.63, 3.8) is 0 Å². The number of aromatic nitrogens is 1. The third-order valence-corrected chi connectivity index (χ3v) is 1.55. The molecule has 2 heterocycles. The summed E-state index contributed by atoms with van der Waals surface area (Å²) in [6, 6.07) is 0. The van der Waals surface area contributed by atoms with E-state index in [9.17, 15) is 10.1 Å². The first-order valence-electron chi connectivity index (χ1n) is 3.26. The average Bonchev–Trinajstić information content (AvgIpc) is 2.49. The van der Waals surface area contributed by atoms with Gasteiger partial charge in [0, 0.05) is 0 Å². The molecular formula is C6H4N4O2. The summed E-state index contributed by atoms with van der Waals surface area (Å²) in [7, 11) is 0. The fraction of sp³-hybridized carbons (Fsp3) is 0.167. The zero-order valence-electron chi connectivity index (χ0n) is 5.97. The highest BCUT2D eigenvalue weighted by Crippen LogP contribution is 1.98. The second-order valence-electron chi connectivity index (χ2n) is 2.24.